The van der Waals surface area contributed by atoms with Crippen molar-refractivity contribution in [2.75, 3.05) is 0 Å². The van der Waals surface area contributed by atoms with Crippen LogP contribution in [0.2, 0.25) is 0 Å². The molecule has 0 bridgehead atoms. The number of pyridine rings is 1. The van der Waals surface area contributed by atoms with Gasteiger partial charge < -0.3 is 8.98 Å². The standard InChI is InChI=1S/C49H32NO2P/c51-53(37-18-6-2-7-19-37,38-20-8-3-9-21-38)39-28-26-33(27-29-39)35-16-12-17-36(32-35)40-23-13-24-41-42-30-31-44-46(49(42)52-48(40)41)43-22-10-11-25-45(43)50-47(44)34-14-4-1-5-15-34/h1-32H. The zero-order chi connectivity index (χ0) is 35.4. The summed E-state index contributed by atoms with van der Waals surface area (Å²) in [4.78, 5) is 5.13. The van der Waals surface area contributed by atoms with Crippen LogP contribution in [0.15, 0.2) is 199 Å². The lowest BCUT2D eigenvalue weighted by Gasteiger charge is -2.20. The van der Waals surface area contributed by atoms with E-state index in [0.717, 1.165) is 93.0 Å². The van der Waals surface area contributed by atoms with Crippen molar-refractivity contribution < 1.29 is 8.98 Å². The van der Waals surface area contributed by atoms with Gasteiger partial charge in [-0.05, 0) is 34.9 Å². The Kier molecular flexibility index (Phi) is 7.42. The molecule has 10 aromatic rings. The molecular formula is C49H32NO2P. The number of hydrogen-bond donors (Lipinski definition) is 0. The molecule has 8 aromatic carbocycles. The zero-order valence-corrected chi connectivity index (χ0v) is 29.6. The molecule has 10 rings (SSSR count). The summed E-state index contributed by atoms with van der Waals surface area (Å²) < 4.78 is 21.9. The van der Waals surface area contributed by atoms with Crippen LogP contribution in [-0.2, 0) is 4.57 Å². The molecule has 0 aliphatic carbocycles. The van der Waals surface area contributed by atoms with E-state index in [4.69, 9.17) is 9.40 Å². The molecule has 3 nitrogen and oxygen atoms in total. The third-order valence-electron chi connectivity index (χ3n) is 10.4. The first-order chi connectivity index (χ1) is 26.2. The number of benzene rings is 8. The van der Waals surface area contributed by atoms with Crippen molar-refractivity contribution in [2.24, 2.45) is 0 Å². The van der Waals surface area contributed by atoms with Crippen LogP contribution in [0.1, 0.15) is 0 Å². The predicted octanol–water partition coefficient (Wildman–Crippen LogP) is 11.9. The Labute approximate surface area is 307 Å². The molecule has 0 radical (unpaired) electrons. The highest BCUT2D eigenvalue weighted by molar-refractivity contribution is 7.85. The van der Waals surface area contributed by atoms with Crippen molar-refractivity contribution in [1.82, 2.24) is 4.98 Å². The maximum Gasteiger partial charge on any atom is 0.171 e. The average Bonchev–Trinajstić information content (AvgIpc) is 3.63. The maximum absolute atomic E-state index is 14.9. The van der Waals surface area contributed by atoms with Crippen molar-refractivity contribution in [1.29, 1.82) is 0 Å². The van der Waals surface area contributed by atoms with Crippen LogP contribution in [0.5, 0.6) is 0 Å². The fourth-order valence-corrected chi connectivity index (χ4v) is 10.4. The molecule has 0 aliphatic heterocycles. The van der Waals surface area contributed by atoms with E-state index in [-0.39, 0.29) is 0 Å². The van der Waals surface area contributed by atoms with Crippen molar-refractivity contribution in [3.8, 4) is 33.5 Å². The molecule has 0 fully saturated rings. The first-order valence-corrected chi connectivity index (χ1v) is 19.5. The number of hydrogen-bond acceptors (Lipinski definition) is 3. The highest BCUT2D eigenvalue weighted by Gasteiger charge is 2.29. The second kappa shape index (κ2) is 12.6. The molecule has 0 aliphatic rings. The lowest BCUT2D eigenvalue weighted by molar-refractivity contribution is 0.592. The molecule has 0 saturated carbocycles. The van der Waals surface area contributed by atoms with Gasteiger partial charge in [0.15, 0.2) is 7.14 Å². The van der Waals surface area contributed by atoms with E-state index in [1.165, 1.54) is 0 Å². The molecule has 0 unspecified atom stereocenters. The quantitative estimate of drug-likeness (QED) is 0.128. The summed E-state index contributed by atoms with van der Waals surface area (Å²) >= 11 is 0. The molecule has 4 heteroatoms. The van der Waals surface area contributed by atoms with Gasteiger partial charge in [-0.25, -0.2) is 4.98 Å². The average molecular weight is 698 g/mol. The highest BCUT2D eigenvalue weighted by atomic mass is 31.2. The van der Waals surface area contributed by atoms with Gasteiger partial charge in [0.1, 0.15) is 11.2 Å². The number of furan rings is 1. The van der Waals surface area contributed by atoms with Gasteiger partial charge in [0.25, 0.3) is 0 Å². The van der Waals surface area contributed by atoms with Gasteiger partial charge in [-0.2, -0.15) is 0 Å². The van der Waals surface area contributed by atoms with Crippen LogP contribution in [0.25, 0.3) is 77.1 Å². The summed E-state index contributed by atoms with van der Waals surface area (Å²) in [5.41, 5.74) is 8.92. The van der Waals surface area contributed by atoms with Crippen LogP contribution >= 0.6 is 7.14 Å². The van der Waals surface area contributed by atoms with Crippen molar-refractivity contribution in [3.05, 3.63) is 194 Å². The van der Waals surface area contributed by atoms with E-state index in [1.807, 2.05) is 84.9 Å². The Morgan fingerprint density at radius 1 is 0.396 bits per heavy atom. The minimum absolute atomic E-state index is 0.812. The van der Waals surface area contributed by atoms with Gasteiger partial charge in [0, 0.05) is 54.0 Å². The van der Waals surface area contributed by atoms with Gasteiger partial charge >= 0.3 is 0 Å². The minimum atomic E-state index is -3.06. The third kappa shape index (κ3) is 5.12. The van der Waals surface area contributed by atoms with Gasteiger partial charge in [-0.3, -0.25) is 0 Å². The Hall–Kier alpha value is -6.54. The van der Waals surface area contributed by atoms with E-state index in [0.29, 0.717) is 0 Å². The van der Waals surface area contributed by atoms with E-state index >= 15 is 0 Å². The molecule has 2 heterocycles. The first kappa shape index (κ1) is 31.2. The number of nitrogens with zero attached hydrogens (tertiary/aromatic N) is 1. The van der Waals surface area contributed by atoms with Crippen molar-refractivity contribution in [2.45, 2.75) is 0 Å². The Balaban J connectivity index is 1.10. The third-order valence-corrected chi connectivity index (χ3v) is 13.4. The second-order valence-corrected chi connectivity index (χ2v) is 16.2. The Bertz CT molecular complexity index is 2960. The van der Waals surface area contributed by atoms with Crippen LogP contribution in [0.3, 0.4) is 0 Å². The van der Waals surface area contributed by atoms with Crippen LogP contribution in [-0.4, -0.2) is 4.98 Å². The lowest BCUT2D eigenvalue weighted by Crippen LogP contribution is -2.24. The first-order valence-electron chi connectivity index (χ1n) is 17.8. The molecule has 2 aromatic heterocycles. The van der Waals surface area contributed by atoms with Gasteiger partial charge in [-0.1, -0.05) is 176 Å². The normalized spacial score (nSPS) is 11.8. The summed E-state index contributed by atoms with van der Waals surface area (Å²) in [5, 5.41) is 7.84. The SMILES string of the molecule is O=P(c1ccccc1)(c1ccccc1)c1ccc(-c2cccc(-c3cccc4c3oc3c4ccc4c(-c5ccccc5)nc5ccccc5c43)c2)cc1. The van der Waals surface area contributed by atoms with Gasteiger partial charge in [0.2, 0.25) is 0 Å². The van der Waals surface area contributed by atoms with E-state index < -0.39 is 7.14 Å². The van der Waals surface area contributed by atoms with Crippen LogP contribution in [0, 0.1) is 0 Å². The van der Waals surface area contributed by atoms with E-state index in [1.54, 1.807) is 0 Å². The van der Waals surface area contributed by atoms with Crippen molar-refractivity contribution >= 4 is 66.7 Å². The summed E-state index contributed by atoms with van der Waals surface area (Å²) in [6.45, 7) is 0. The second-order valence-electron chi connectivity index (χ2n) is 13.4. The van der Waals surface area contributed by atoms with Crippen molar-refractivity contribution in [3.63, 3.8) is 0 Å². The molecule has 250 valence electrons. The summed E-state index contributed by atoms with van der Waals surface area (Å²) in [6.07, 6.45) is 0. The number of rotatable bonds is 6. The predicted molar refractivity (Wildman–Crippen MR) is 222 cm³/mol. The molecular weight excluding hydrogens is 666 g/mol. The maximum atomic E-state index is 14.9. The number of aromatic nitrogens is 1. The fraction of sp³-hybridized carbons (Fsp3) is 0. The van der Waals surface area contributed by atoms with Gasteiger partial charge in [0.05, 0.1) is 11.2 Å². The summed E-state index contributed by atoms with van der Waals surface area (Å²) in [6, 6.07) is 65.9. The number of para-hydroxylation sites is 2. The Morgan fingerprint density at radius 3 is 1.68 bits per heavy atom. The molecule has 0 atom stereocenters. The Morgan fingerprint density at radius 2 is 0.943 bits per heavy atom. The summed E-state index contributed by atoms with van der Waals surface area (Å²) in [7, 11) is -3.06. The monoisotopic (exact) mass is 697 g/mol. The fourth-order valence-electron chi connectivity index (χ4n) is 7.79. The van der Waals surface area contributed by atoms with Crippen LogP contribution < -0.4 is 15.9 Å². The highest BCUT2D eigenvalue weighted by Crippen LogP contribution is 2.44. The summed E-state index contributed by atoms with van der Waals surface area (Å²) in [5.74, 6) is 0. The number of fused-ring (bicyclic) bond motifs is 7. The topological polar surface area (TPSA) is 43.1 Å². The molecule has 0 N–H and O–H groups in total. The largest absolute Gasteiger partial charge is 0.455 e. The minimum Gasteiger partial charge on any atom is -0.455 e. The molecule has 0 saturated heterocycles. The molecule has 53 heavy (non-hydrogen) atoms. The molecule has 0 amide bonds. The van der Waals surface area contributed by atoms with Gasteiger partial charge in [-0.15, -0.1) is 0 Å². The lowest BCUT2D eigenvalue weighted by atomic mass is 9.96. The molecule has 0 spiro atoms. The van der Waals surface area contributed by atoms with E-state index in [2.05, 4.69) is 109 Å². The smallest absolute Gasteiger partial charge is 0.171 e. The van der Waals surface area contributed by atoms with Crippen LogP contribution in [0.4, 0.5) is 0 Å². The van der Waals surface area contributed by atoms with E-state index in [9.17, 15) is 4.57 Å². The zero-order valence-electron chi connectivity index (χ0n) is 28.7.